The summed E-state index contributed by atoms with van der Waals surface area (Å²) in [7, 11) is 6.14. The number of hydrogen-bond acceptors (Lipinski definition) is 5. The molecular formula is C22H25BClN5S. The van der Waals surface area contributed by atoms with E-state index in [1.807, 2.05) is 30.3 Å². The summed E-state index contributed by atoms with van der Waals surface area (Å²) in [5, 5.41) is 8.76. The van der Waals surface area contributed by atoms with Crippen molar-refractivity contribution in [2.24, 2.45) is 5.92 Å². The van der Waals surface area contributed by atoms with Gasteiger partial charge in [0.2, 0.25) is 0 Å². The lowest BCUT2D eigenvalue weighted by Gasteiger charge is -2.36. The van der Waals surface area contributed by atoms with Gasteiger partial charge in [0.05, 0.1) is 5.69 Å². The van der Waals surface area contributed by atoms with Gasteiger partial charge in [-0.1, -0.05) is 29.8 Å². The van der Waals surface area contributed by atoms with E-state index in [9.17, 15) is 0 Å². The van der Waals surface area contributed by atoms with Crippen LogP contribution in [0.2, 0.25) is 5.02 Å². The standard InChI is InChI=1S/C22H25BClN5S/c23-18-12-26-29-21(10-20(27-22(18)29)17-5-1-2-6-19(17)24)25-11-15-4-3-8-28(13-15)16-7-9-30-14-16/h1-2,5-6,10,12,15-16,25H,3-4,7-9,11,13-14H2. The quantitative estimate of drug-likeness (QED) is 0.619. The smallest absolute Gasteiger partial charge is 0.150 e. The largest absolute Gasteiger partial charge is 0.370 e. The maximum Gasteiger partial charge on any atom is 0.150 e. The first-order chi connectivity index (χ1) is 14.7. The first-order valence-corrected chi connectivity index (χ1v) is 12.2. The summed E-state index contributed by atoms with van der Waals surface area (Å²) in [6.07, 6.45) is 5.53. The zero-order valence-electron chi connectivity index (χ0n) is 16.9. The molecule has 3 aromatic rings. The summed E-state index contributed by atoms with van der Waals surface area (Å²) in [6, 6.07) is 10.5. The summed E-state index contributed by atoms with van der Waals surface area (Å²) in [5.74, 6) is 4.13. The minimum atomic E-state index is 0.564. The molecule has 2 unspecified atom stereocenters. The Morgan fingerprint density at radius 3 is 3.00 bits per heavy atom. The number of aromatic nitrogens is 3. The number of halogens is 1. The molecule has 1 aromatic carbocycles. The highest BCUT2D eigenvalue weighted by Crippen LogP contribution is 2.29. The average Bonchev–Trinajstić information content (AvgIpc) is 3.43. The SMILES string of the molecule is [B]c1cnn2c(NCC3CCCN(C4CCSC4)C3)cc(-c3ccccc3Cl)nc12. The number of fused-ring (bicyclic) bond motifs is 1. The van der Waals surface area contributed by atoms with Crippen molar-refractivity contribution < 1.29 is 0 Å². The number of benzene rings is 1. The van der Waals surface area contributed by atoms with Gasteiger partial charge in [0.15, 0.2) is 5.65 Å². The van der Waals surface area contributed by atoms with Gasteiger partial charge < -0.3 is 5.32 Å². The first kappa shape index (κ1) is 20.2. The van der Waals surface area contributed by atoms with Crippen LogP contribution in [0.1, 0.15) is 19.3 Å². The number of rotatable bonds is 5. The molecular weight excluding hydrogens is 413 g/mol. The van der Waals surface area contributed by atoms with Crippen LogP contribution in [0.25, 0.3) is 16.9 Å². The number of nitrogens with zero attached hydrogens (tertiary/aromatic N) is 4. The van der Waals surface area contributed by atoms with Crippen LogP contribution >= 0.6 is 23.4 Å². The third-order valence-corrected chi connectivity index (χ3v) is 7.67. The second-order valence-corrected chi connectivity index (χ2v) is 9.80. The van der Waals surface area contributed by atoms with Crippen LogP contribution < -0.4 is 10.8 Å². The zero-order valence-corrected chi connectivity index (χ0v) is 18.5. The lowest BCUT2D eigenvalue weighted by molar-refractivity contribution is 0.139. The molecule has 0 spiro atoms. The number of hydrogen-bond donors (Lipinski definition) is 1. The summed E-state index contributed by atoms with van der Waals surface area (Å²) in [6.45, 7) is 3.33. The summed E-state index contributed by atoms with van der Waals surface area (Å²) < 4.78 is 1.80. The van der Waals surface area contributed by atoms with Crippen molar-refractivity contribution in [1.82, 2.24) is 19.5 Å². The number of piperidine rings is 1. The van der Waals surface area contributed by atoms with Gasteiger partial charge in [0, 0.05) is 47.7 Å². The molecule has 2 aliphatic rings. The van der Waals surface area contributed by atoms with Crippen molar-refractivity contribution in [3.05, 3.63) is 41.6 Å². The highest BCUT2D eigenvalue weighted by Gasteiger charge is 2.28. The van der Waals surface area contributed by atoms with Crippen LogP contribution in [0.5, 0.6) is 0 Å². The van der Waals surface area contributed by atoms with Crippen LogP contribution in [-0.4, -0.2) is 64.5 Å². The van der Waals surface area contributed by atoms with Crippen LogP contribution in [0, 0.1) is 5.92 Å². The zero-order chi connectivity index (χ0) is 20.5. The van der Waals surface area contributed by atoms with E-state index < -0.39 is 0 Å². The maximum atomic E-state index is 6.43. The summed E-state index contributed by atoms with van der Waals surface area (Å²) in [4.78, 5) is 7.43. The fourth-order valence-corrected chi connectivity index (χ4v) is 6.05. The van der Waals surface area contributed by atoms with Gasteiger partial charge in [-0.2, -0.15) is 21.4 Å². The average molecular weight is 438 g/mol. The van der Waals surface area contributed by atoms with Crippen molar-refractivity contribution >= 4 is 48.1 Å². The van der Waals surface area contributed by atoms with Crippen molar-refractivity contribution in [3.8, 4) is 11.3 Å². The molecule has 30 heavy (non-hydrogen) atoms. The Morgan fingerprint density at radius 2 is 2.17 bits per heavy atom. The predicted molar refractivity (Wildman–Crippen MR) is 127 cm³/mol. The molecule has 154 valence electrons. The van der Waals surface area contributed by atoms with Crippen LogP contribution in [0.4, 0.5) is 5.82 Å². The molecule has 4 heterocycles. The molecule has 5 nitrogen and oxygen atoms in total. The Kier molecular flexibility index (Phi) is 5.94. The van der Waals surface area contributed by atoms with Crippen LogP contribution in [0.15, 0.2) is 36.5 Å². The minimum Gasteiger partial charge on any atom is -0.370 e. The van der Waals surface area contributed by atoms with Gasteiger partial charge in [0.1, 0.15) is 13.7 Å². The number of nitrogens with one attached hydrogen (secondary N) is 1. The monoisotopic (exact) mass is 437 g/mol. The number of thioether (sulfide) groups is 1. The molecule has 0 saturated carbocycles. The van der Waals surface area contributed by atoms with E-state index in [-0.39, 0.29) is 0 Å². The molecule has 2 atom stereocenters. The Labute approximate surface area is 188 Å². The fourth-order valence-electron chi connectivity index (χ4n) is 4.57. The molecule has 5 rings (SSSR count). The van der Waals surface area contributed by atoms with E-state index in [2.05, 4.69) is 27.1 Å². The van der Waals surface area contributed by atoms with Gasteiger partial charge in [-0.3, -0.25) is 4.90 Å². The highest BCUT2D eigenvalue weighted by atomic mass is 35.5. The van der Waals surface area contributed by atoms with Crippen molar-refractivity contribution in [1.29, 1.82) is 0 Å². The molecule has 0 aliphatic carbocycles. The molecule has 0 amide bonds. The summed E-state index contributed by atoms with van der Waals surface area (Å²) >= 11 is 8.52. The molecule has 1 N–H and O–H groups in total. The third kappa shape index (κ3) is 4.07. The molecule has 2 saturated heterocycles. The predicted octanol–water partition coefficient (Wildman–Crippen LogP) is 3.47. The van der Waals surface area contributed by atoms with Crippen molar-refractivity contribution in [3.63, 3.8) is 0 Å². The highest BCUT2D eigenvalue weighted by molar-refractivity contribution is 7.99. The van der Waals surface area contributed by atoms with E-state index >= 15 is 0 Å². The lowest BCUT2D eigenvalue weighted by Crippen LogP contribution is -2.44. The Morgan fingerprint density at radius 1 is 1.27 bits per heavy atom. The minimum absolute atomic E-state index is 0.564. The van der Waals surface area contributed by atoms with Gasteiger partial charge in [0.25, 0.3) is 0 Å². The molecule has 0 bridgehead atoms. The molecule has 2 radical (unpaired) electrons. The fraction of sp³-hybridized carbons (Fsp3) is 0.455. The normalized spacial score (nSPS) is 22.6. The van der Waals surface area contributed by atoms with Gasteiger partial charge in [-0.05, 0) is 49.0 Å². The number of anilines is 1. The van der Waals surface area contributed by atoms with E-state index in [0.717, 1.165) is 29.7 Å². The maximum absolute atomic E-state index is 6.43. The van der Waals surface area contributed by atoms with E-state index in [0.29, 0.717) is 22.1 Å². The van der Waals surface area contributed by atoms with Crippen molar-refractivity contribution in [2.75, 3.05) is 36.5 Å². The van der Waals surface area contributed by atoms with Crippen LogP contribution in [0.3, 0.4) is 0 Å². The second-order valence-electron chi connectivity index (χ2n) is 8.24. The Bertz CT molecular complexity index is 1040. The van der Waals surface area contributed by atoms with E-state index in [1.54, 1.807) is 10.7 Å². The second kappa shape index (κ2) is 8.81. The van der Waals surface area contributed by atoms with Gasteiger partial charge in [-0.15, -0.1) is 0 Å². The Hall–Kier alpha value is -1.70. The lowest BCUT2D eigenvalue weighted by atomic mass is 9.96. The van der Waals surface area contributed by atoms with E-state index in [1.165, 1.54) is 43.9 Å². The van der Waals surface area contributed by atoms with Gasteiger partial charge >= 0.3 is 0 Å². The van der Waals surface area contributed by atoms with Crippen molar-refractivity contribution in [2.45, 2.75) is 25.3 Å². The molecule has 8 heteroatoms. The van der Waals surface area contributed by atoms with Crippen LogP contribution in [-0.2, 0) is 0 Å². The third-order valence-electron chi connectivity index (χ3n) is 6.19. The number of likely N-dealkylation sites (tertiary alicyclic amines) is 1. The Balaban J connectivity index is 1.38. The summed E-state index contributed by atoms with van der Waals surface area (Å²) in [5.41, 5.74) is 2.92. The first-order valence-electron chi connectivity index (χ1n) is 10.6. The van der Waals surface area contributed by atoms with Gasteiger partial charge in [-0.25, -0.2) is 4.98 Å². The molecule has 2 fully saturated rings. The molecule has 2 aromatic heterocycles. The van der Waals surface area contributed by atoms with E-state index in [4.69, 9.17) is 24.4 Å². The topological polar surface area (TPSA) is 45.5 Å². The molecule has 2 aliphatic heterocycles.